The lowest BCUT2D eigenvalue weighted by Gasteiger charge is -2.22. The average molecular weight is 260 g/mol. The first-order valence-electron chi connectivity index (χ1n) is 6.89. The number of pyridine rings is 1. The van der Waals surface area contributed by atoms with Crippen LogP contribution in [0, 0.1) is 11.3 Å². The van der Waals surface area contributed by atoms with Crippen LogP contribution in [0.25, 0.3) is 0 Å². The van der Waals surface area contributed by atoms with E-state index in [2.05, 4.69) is 11.1 Å². The molecule has 1 aromatic heterocycles. The van der Waals surface area contributed by atoms with E-state index in [1.807, 2.05) is 12.1 Å². The number of nitriles is 1. The summed E-state index contributed by atoms with van der Waals surface area (Å²) >= 11 is 0. The summed E-state index contributed by atoms with van der Waals surface area (Å²) in [5.74, 6) is 0. The summed E-state index contributed by atoms with van der Waals surface area (Å²) in [4.78, 5) is 4.35. The quantitative estimate of drug-likeness (QED) is 0.736. The first kappa shape index (κ1) is 14.0. The zero-order chi connectivity index (χ0) is 13.3. The van der Waals surface area contributed by atoms with Crippen molar-refractivity contribution >= 4 is 0 Å². The van der Waals surface area contributed by atoms with Crippen LogP contribution in [0.15, 0.2) is 18.3 Å². The number of hydrogen-bond acceptors (Lipinski definition) is 4. The van der Waals surface area contributed by atoms with Gasteiger partial charge < -0.3 is 9.47 Å². The SMILES string of the molecule is N#CCc1cccnc1CCCOC1CCCOC1. The van der Waals surface area contributed by atoms with Gasteiger partial charge in [-0.05, 0) is 37.3 Å². The minimum absolute atomic E-state index is 0.260. The van der Waals surface area contributed by atoms with Gasteiger partial charge in [0.2, 0.25) is 0 Å². The average Bonchev–Trinajstić information content (AvgIpc) is 2.47. The van der Waals surface area contributed by atoms with Gasteiger partial charge in [0, 0.05) is 25.1 Å². The van der Waals surface area contributed by atoms with Crippen molar-refractivity contribution in [2.24, 2.45) is 0 Å². The number of aryl methyl sites for hydroxylation is 1. The van der Waals surface area contributed by atoms with Crippen molar-refractivity contribution in [3.8, 4) is 6.07 Å². The molecule has 0 bridgehead atoms. The molecule has 1 saturated heterocycles. The normalized spacial score (nSPS) is 19.0. The van der Waals surface area contributed by atoms with E-state index in [-0.39, 0.29) is 6.10 Å². The van der Waals surface area contributed by atoms with Gasteiger partial charge in [-0.15, -0.1) is 0 Å². The Morgan fingerprint density at radius 3 is 3.26 bits per heavy atom. The van der Waals surface area contributed by atoms with E-state index in [1.54, 1.807) is 6.20 Å². The molecule has 19 heavy (non-hydrogen) atoms. The van der Waals surface area contributed by atoms with Crippen molar-refractivity contribution in [2.45, 2.75) is 38.2 Å². The minimum atomic E-state index is 0.260. The third kappa shape index (κ3) is 4.62. The Balaban J connectivity index is 1.71. The first-order chi connectivity index (χ1) is 9.40. The van der Waals surface area contributed by atoms with E-state index in [4.69, 9.17) is 14.7 Å². The molecule has 0 aromatic carbocycles. The zero-order valence-electron chi connectivity index (χ0n) is 11.2. The highest BCUT2D eigenvalue weighted by atomic mass is 16.5. The third-order valence-electron chi connectivity index (χ3n) is 3.28. The molecular weight excluding hydrogens is 240 g/mol. The Morgan fingerprint density at radius 2 is 2.47 bits per heavy atom. The molecule has 2 heterocycles. The summed E-state index contributed by atoms with van der Waals surface area (Å²) in [5.41, 5.74) is 2.05. The molecule has 4 nitrogen and oxygen atoms in total. The monoisotopic (exact) mass is 260 g/mol. The molecule has 1 fully saturated rings. The van der Waals surface area contributed by atoms with Gasteiger partial charge in [0.15, 0.2) is 0 Å². The van der Waals surface area contributed by atoms with Gasteiger partial charge in [0.05, 0.1) is 25.2 Å². The van der Waals surface area contributed by atoms with E-state index in [0.717, 1.165) is 56.8 Å². The molecule has 0 saturated carbocycles. The highest BCUT2D eigenvalue weighted by molar-refractivity contribution is 5.22. The molecule has 2 rings (SSSR count). The molecular formula is C15H20N2O2. The molecule has 0 spiro atoms. The maximum atomic E-state index is 8.77. The van der Waals surface area contributed by atoms with Crippen LogP contribution < -0.4 is 0 Å². The van der Waals surface area contributed by atoms with Crippen molar-refractivity contribution in [2.75, 3.05) is 19.8 Å². The summed E-state index contributed by atoms with van der Waals surface area (Å²) in [6, 6.07) is 6.03. The summed E-state index contributed by atoms with van der Waals surface area (Å²) in [6.45, 7) is 2.32. The topological polar surface area (TPSA) is 55.1 Å². The fraction of sp³-hybridized carbons (Fsp3) is 0.600. The van der Waals surface area contributed by atoms with Crippen LogP contribution in [0.5, 0.6) is 0 Å². The molecule has 4 heteroatoms. The molecule has 1 aromatic rings. The summed E-state index contributed by atoms with van der Waals surface area (Å²) in [6.07, 6.45) is 6.47. The lowest BCUT2D eigenvalue weighted by atomic mass is 10.1. The Morgan fingerprint density at radius 1 is 1.53 bits per heavy atom. The standard InChI is InChI=1S/C15H20N2O2/c16-8-7-13-4-1-9-17-15(13)6-3-11-19-14-5-2-10-18-12-14/h1,4,9,14H,2-3,5-7,10-12H2. The van der Waals surface area contributed by atoms with Crippen LogP contribution in [0.2, 0.25) is 0 Å². The van der Waals surface area contributed by atoms with Gasteiger partial charge in [-0.3, -0.25) is 4.98 Å². The van der Waals surface area contributed by atoms with Crippen LogP contribution in [0.3, 0.4) is 0 Å². The molecule has 102 valence electrons. The Labute approximate surface area is 114 Å². The fourth-order valence-corrected chi connectivity index (χ4v) is 2.27. The second kappa shape index (κ2) is 7.88. The lowest BCUT2D eigenvalue weighted by molar-refractivity contribution is -0.0503. The van der Waals surface area contributed by atoms with E-state index >= 15 is 0 Å². The Bertz CT molecular complexity index is 422. The van der Waals surface area contributed by atoms with Crippen molar-refractivity contribution in [1.82, 2.24) is 4.98 Å². The van der Waals surface area contributed by atoms with E-state index in [0.29, 0.717) is 6.42 Å². The summed E-state index contributed by atoms with van der Waals surface area (Å²) in [7, 11) is 0. The van der Waals surface area contributed by atoms with Crippen LogP contribution >= 0.6 is 0 Å². The van der Waals surface area contributed by atoms with E-state index in [9.17, 15) is 0 Å². The Hall–Kier alpha value is -1.44. The van der Waals surface area contributed by atoms with Crippen molar-refractivity contribution < 1.29 is 9.47 Å². The molecule has 0 aliphatic carbocycles. The molecule has 0 radical (unpaired) electrons. The largest absolute Gasteiger partial charge is 0.379 e. The molecule has 1 aliphatic rings. The van der Waals surface area contributed by atoms with Gasteiger partial charge >= 0.3 is 0 Å². The summed E-state index contributed by atoms with van der Waals surface area (Å²) < 4.78 is 11.2. The van der Waals surface area contributed by atoms with Crippen LogP contribution in [0.1, 0.15) is 30.5 Å². The van der Waals surface area contributed by atoms with Crippen LogP contribution in [0.4, 0.5) is 0 Å². The molecule has 1 aliphatic heterocycles. The van der Waals surface area contributed by atoms with Gasteiger partial charge in [-0.25, -0.2) is 0 Å². The van der Waals surface area contributed by atoms with Crippen LogP contribution in [-0.4, -0.2) is 30.9 Å². The van der Waals surface area contributed by atoms with E-state index < -0.39 is 0 Å². The molecule has 1 atom stereocenters. The number of aromatic nitrogens is 1. The number of ether oxygens (including phenoxy) is 2. The predicted octanol–water partition coefficient (Wildman–Crippen LogP) is 2.28. The number of hydrogen-bond donors (Lipinski definition) is 0. The minimum Gasteiger partial charge on any atom is -0.379 e. The van der Waals surface area contributed by atoms with E-state index in [1.165, 1.54) is 0 Å². The van der Waals surface area contributed by atoms with Gasteiger partial charge in [-0.2, -0.15) is 5.26 Å². The van der Waals surface area contributed by atoms with Crippen molar-refractivity contribution in [3.05, 3.63) is 29.6 Å². The zero-order valence-corrected chi connectivity index (χ0v) is 11.2. The fourth-order valence-electron chi connectivity index (χ4n) is 2.27. The van der Waals surface area contributed by atoms with Crippen molar-refractivity contribution in [1.29, 1.82) is 5.26 Å². The highest BCUT2D eigenvalue weighted by Crippen LogP contribution is 2.12. The number of nitrogens with zero attached hydrogens (tertiary/aromatic N) is 2. The van der Waals surface area contributed by atoms with Crippen molar-refractivity contribution in [3.63, 3.8) is 0 Å². The van der Waals surface area contributed by atoms with Crippen LogP contribution in [-0.2, 0) is 22.3 Å². The Kier molecular flexibility index (Phi) is 5.80. The smallest absolute Gasteiger partial charge is 0.0809 e. The van der Waals surface area contributed by atoms with Gasteiger partial charge in [0.1, 0.15) is 0 Å². The number of rotatable bonds is 6. The van der Waals surface area contributed by atoms with Gasteiger partial charge in [-0.1, -0.05) is 6.07 Å². The highest BCUT2D eigenvalue weighted by Gasteiger charge is 2.13. The first-order valence-corrected chi connectivity index (χ1v) is 6.89. The second-order valence-electron chi connectivity index (χ2n) is 4.76. The predicted molar refractivity (Wildman–Crippen MR) is 71.7 cm³/mol. The second-order valence-corrected chi connectivity index (χ2v) is 4.76. The molecule has 0 N–H and O–H groups in total. The third-order valence-corrected chi connectivity index (χ3v) is 3.28. The summed E-state index contributed by atoms with van der Waals surface area (Å²) in [5, 5.41) is 8.77. The molecule has 0 amide bonds. The maximum Gasteiger partial charge on any atom is 0.0809 e. The lowest BCUT2D eigenvalue weighted by Crippen LogP contribution is -2.25. The van der Waals surface area contributed by atoms with Gasteiger partial charge in [0.25, 0.3) is 0 Å². The molecule has 1 unspecified atom stereocenters. The maximum absolute atomic E-state index is 8.77.